The third-order valence-electron chi connectivity index (χ3n) is 2.23. The molecule has 0 saturated carbocycles. The molecule has 0 unspecified atom stereocenters. The molecule has 0 saturated heterocycles. The van der Waals surface area contributed by atoms with Gasteiger partial charge < -0.3 is 9.72 Å². The zero-order valence-corrected chi connectivity index (χ0v) is 8.34. The molecule has 2 rings (SSSR count). The van der Waals surface area contributed by atoms with Crippen molar-refractivity contribution in [1.29, 1.82) is 0 Å². The smallest absolute Gasteiger partial charge is 0.154 e. The van der Waals surface area contributed by atoms with Gasteiger partial charge in [0, 0.05) is 10.9 Å². The minimum atomic E-state index is 0.773. The Morgan fingerprint density at radius 3 is 3.07 bits per heavy atom. The molecule has 73 valence electrons. The van der Waals surface area contributed by atoms with Crippen LogP contribution in [0.4, 0.5) is 0 Å². The van der Waals surface area contributed by atoms with E-state index >= 15 is 0 Å². The number of ether oxygens (including phenoxy) is 1. The maximum atomic E-state index is 5.61. The first-order valence-corrected chi connectivity index (χ1v) is 5.03. The van der Waals surface area contributed by atoms with Gasteiger partial charge in [-0.25, -0.2) is 0 Å². The molecule has 1 radical (unpaired) electrons. The summed E-state index contributed by atoms with van der Waals surface area (Å²) >= 11 is 0. The summed E-state index contributed by atoms with van der Waals surface area (Å²) < 4.78 is 5.61. The molecular weight excluding hydrogens is 174 g/mol. The summed E-state index contributed by atoms with van der Waals surface area (Å²) in [6.45, 7) is 2.93. The fourth-order valence-corrected chi connectivity index (χ4v) is 1.41. The Bertz CT molecular complexity index is 405. The van der Waals surface area contributed by atoms with E-state index in [1.54, 1.807) is 0 Å². The number of hydrogen-bond acceptors (Lipinski definition) is 1. The summed E-state index contributed by atoms with van der Waals surface area (Å²) in [5, 5.41) is 1.11. The lowest BCUT2D eigenvalue weighted by Crippen LogP contribution is -1.95. The van der Waals surface area contributed by atoms with E-state index in [1.807, 2.05) is 24.3 Å². The first-order chi connectivity index (χ1) is 6.92. The van der Waals surface area contributed by atoms with E-state index in [2.05, 4.69) is 18.1 Å². The van der Waals surface area contributed by atoms with E-state index in [4.69, 9.17) is 4.74 Å². The monoisotopic (exact) mass is 188 g/mol. The summed E-state index contributed by atoms with van der Waals surface area (Å²) in [4.78, 5) is 3.07. The predicted octanol–water partition coefficient (Wildman–Crippen LogP) is 3.15. The second-order valence-electron chi connectivity index (χ2n) is 3.33. The van der Waals surface area contributed by atoms with Gasteiger partial charge in [0.05, 0.1) is 6.61 Å². The van der Waals surface area contributed by atoms with Gasteiger partial charge >= 0.3 is 0 Å². The van der Waals surface area contributed by atoms with Crippen LogP contribution in [0.25, 0.3) is 10.9 Å². The Hall–Kier alpha value is -1.44. The molecule has 0 aliphatic rings. The van der Waals surface area contributed by atoms with Gasteiger partial charge in [0.2, 0.25) is 0 Å². The van der Waals surface area contributed by atoms with Crippen molar-refractivity contribution in [2.45, 2.75) is 19.8 Å². The third-order valence-corrected chi connectivity index (χ3v) is 2.23. The van der Waals surface area contributed by atoms with E-state index in [1.165, 1.54) is 0 Å². The molecular formula is C12H14NO. The number of fused-ring (bicyclic) bond motifs is 1. The predicted molar refractivity (Wildman–Crippen MR) is 57.5 cm³/mol. The lowest BCUT2D eigenvalue weighted by atomic mass is 10.2. The lowest BCUT2D eigenvalue weighted by molar-refractivity contribution is 0.312. The van der Waals surface area contributed by atoms with Crippen molar-refractivity contribution >= 4 is 10.9 Å². The SMILES string of the molecule is CCCCOc1[c][nH]c2ccccc12. The standard InChI is InChI=1S/C12H14NO/c1-2-3-8-14-12-9-13-11-7-5-4-6-10(11)12/h4-7,13H,2-3,8H2,1H3. The average Bonchev–Trinajstić information content (AvgIpc) is 2.63. The summed E-state index contributed by atoms with van der Waals surface area (Å²) in [6, 6.07) is 8.08. The highest BCUT2D eigenvalue weighted by atomic mass is 16.5. The molecule has 2 heteroatoms. The van der Waals surface area contributed by atoms with Gasteiger partial charge in [0.1, 0.15) is 6.20 Å². The van der Waals surface area contributed by atoms with Gasteiger partial charge in [-0.2, -0.15) is 0 Å². The molecule has 0 bridgehead atoms. The van der Waals surface area contributed by atoms with Crippen molar-refractivity contribution < 1.29 is 4.74 Å². The minimum Gasteiger partial charge on any atom is -0.491 e. The average molecular weight is 188 g/mol. The molecule has 0 spiro atoms. The molecule has 1 aromatic heterocycles. The van der Waals surface area contributed by atoms with Gasteiger partial charge in [-0.3, -0.25) is 0 Å². The zero-order chi connectivity index (χ0) is 9.80. The highest BCUT2D eigenvalue weighted by molar-refractivity contribution is 5.85. The molecule has 2 aromatic rings. The number of H-pyrrole nitrogens is 1. The molecule has 0 aliphatic carbocycles. The van der Waals surface area contributed by atoms with Crippen LogP contribution >= 0.6 is 0 Å². The summed E-state index contributed by atoms with van der Waals surface area (Å²) in [6.07, 6.45) is 5.27. The van der Waals surface area contributed by atoms with Crippen molar-refractivity contribution in [3.8, 4) is 5.75 Å². The number of benzene rings is 1. The number of aromatic nitrogens is 1. The second kappa shape index (κ2) is 4.18. The summed E-state index contributed by atoms with van der Waals surface area (Å²) in [7, 11) is 0. The Kier molecular flexibility index (Phi) is 2.73. The molecule has 0 fully saturated rings. The molecule has 0 atom stereocenters. The van der Waals surface area contributed by atoms with Crippen LogP contribution in [0.1, 0.15) is 19.8 Å². The van der Waals surface area contributed by atoms with Gasteiger partial charge in [-0.05, 0) is 18.6 Å². The van der Waals surface area contributed by atoms with Crippen LogP contribution in [0.2, 0.25) is 0 Å². The molecule has 0 aliphatic heterocycles. The van der Waals surface area contributed by atoms with E-state index in [9.17, 15) is 0 Å². The van der Waals surface area contributed by atoms with Crippen LogP contribution in [0.3, 0.4) is 0 Å². The molecule has 1 aromatic carbocycles. The molecule has 1 N–H and O–H groups in total. The Morgan fingerprint density at radius 2 is 2.21 bits per heavy atom. The molecule has 14 heavy (non-hydrogen) atoms. The van der Waals surface area contributed by atoms with Gasteiger partial charge in [-0.15, -0.1) is 0 Å². The number of aromatic amines is 1. The van der Waals surface area contributed by atoms with Crippen LogP contribution in [0, 0.1) is 6.20 Å². The lowest BCUT2D eigenvalue weighted by Gasteiger charge is -2.01. The quantitative estimate of drug-likeness (QED) is 0.732. The van der Waals surface area contributed by atoms with Crippen molar-refractivity contribution in [2.75, 3.05) is 6.61 Å². The zero-order valence-electron chi connectivity index (χ0n) is 8.34. The van der Waals surface area contributed by atoms with E-state index in [0.717, 1.165) is 36.1 Å². The highest BCUT2D eigenvalue weighted by Crippen LogP contribution is 2.24. The van der Waals surface area contributed by atoms with Crippen LogP contribution in [-0.2, 0) is 0 Å². The van der Waals surface area contributed by atoms with E-state index in [0.29, 0.717) is 0 Å². The maximum absolute atomic E-state index is 5.61. The fourth-order valence-electron chi connectivity index (χ4n) is 1.41. The maximum Gasteiger partial charge on any atom is 0.154 e. The van der Waals surface area contributed by atoms with Crippen molar-refractivity contribution in [1.82, 2.24) is 4.98 Å². The normalized spacial score (nSPS) is 10.6. The minimum absolute atomic E-state index is 0.773. The number of rotatable bonds is 4. The first-order valence-electron chi connectivity index (χ1n) is 5.03. The number of nitrogens with one attached hydrogen (secondary N) is 1. The largest absolute Gasteiger partial charge is 0.491 e. The molecule has 0 amide bonds. The Labute approximate surface area is 83.9 Å². The van der Waals surface area contributed by atoms with Crippen molar-refractivity contribution in [3.63, 3.8) is 0 Å². The number of unbranched alkanes of at least 4 members (excludes halogenated alkanes) is 1. The molecule has 1 heterocycles. The Morgan fingerprint density at radius 1 is 1.36 bits per heavy atom. The van der Waals surface area contributed by atoms with Gasteiger partial charge in [0.15, 0.2) is 5.75 Å². The topological polar surface area (TPSA) is 25.0 Å². The van der Waals surface area contributed by atoms with E-state index < -0.39 is 0 Å². The van der Waals surface area contributed by atoms with Crippen molar-refractivity contribution in [3.05, 3.63) is 30.5 Å². The second-order valence-corrected chi connectivity index (χ2v) is 3.33. The van der Waals surface area contributed by atoms with Crippen LogP contribution < -0.4 is 4.74 Å². The van der Waals surface area contributed by atoms with Crippen molar-refractivity contribution in [2.24, 2.45) is 0 Å². The van der Waals surface area contributed by atoms with Gasteiger partial charge in [-0.1, -0.05) is 25.5 Å². The fraction of sp³-hybridized carbons (Fsp3) is 0.333. The molecule has 2 nitrogen and oxygen atoms in total. The Balaban J connectivity index is 2.17. The highest BCUT2D eigenvalue weighted by Gasteiger charge is 2.03. The van der Waals surface area contributed by atoms with Crippen LogP contribution in [0.15, 0.2) is 24.3 Å². The summed E-state index contributed by atoms with van der Waals surface area (Å²) in [5.74, 6) is 0.842. The summed E-state index contributed by atoms with van der Waals surface area (Å²) in [5.41, 5.74) is 1.08. The van der Waals surface area contributed by atoms with E-state index in [-0.39, 0.29) is 0 Å². The third kappa shape index (κ3) is 1.74. The first kappa shape index (κ1) is 9.13. The number of para-hydroxylation sites is 1. The number of hydrogen-bond donors (Lipinski definition) is 1. The van der Waals surface area contributed by atoms with Gasteiger partial charge in [0.25, 0.3) is 0 Å². The van der Waals surface area contributed by atoms with Crippen LogP contribution in [0.5, 0.6) is 5.75 Å². The van der Waals surface area contributed by atoms with Crippen LogP contribution in [-0.4, -0.2) is 11.6 Å².